The van der Waals surface area contributed by atoms with Crippen LogP contribution in [0, 0.1) is 5.82 Å². The van der Waals surface area contributed by atoms with E-state index in [2.05, 4.69) is 16.4 Å². The number of nitrogens with one attached hydrogen (secondary N) is 1. The van der Waals surface area contributed by atoms with Gasteiger partial charge in [-0.1, -0.05) is 24.3 Å². The van der Waals surface area contributed by atoms with Crippen LogP contribution in [-0.2, 0) is 4.79 Å². The van der Waals surface area contributed by atoms with E-state index in [1.54, 1.807) is 29.5 Å². The minimum Gasteiger partial charge on any atom is -0.323 e. The van der Waals surface area contributed by atoms with Gasteiger partial charge in [-0.25, -0.2) is 9.37 Å². The molecule has 0 unspecified atom stereocenters. The predicted octanol–water partition coefficient (Wildman–Crippen LogP) is 5.75. The number of rotatable bonds is 4. The molecule has 27 heavy (non-hydrogen) atoms. The van der Waals surface area contributed by atoms with E-state index in [1.807, 2.05) is 42.5 Å². The second kappa shape index (κ2) is 7.51. The average molecular weight is 374 g/mol. The zero-order chi connectivity index (χ0) is 18.6. The number of hydrogen-bond donors (Lipinski definition) is 1. The molecule has 0 saturated carbocycles. The van der Waals surface area contributed by atoms with Gasteiger partial charge in [-0.2, -0.15) is 0 Å². The van der Waals surface area contributed by atoms with Crippen LogP contribution in [0.15, 0.2) is 78.9 Å². The van der Waals surface area contributed by atoms with Crippen LogP contribution in [0.1, 0.15) is 5.56 Å². The largest absolute Gasteiger partial charge is 0.323 e. The first-order valence-corrected chi connectivity index (χ1v) is 9.20. The molecule has 4 rings (SSSR count). The second-order valence-electron chi connectivity index (χ2n) is 5.94. The van der Waals surface area contributed by atoms with Gasteiger partial charge < -0.3 is 5.32 Å². The molecule has 1 heterocycles. The van der Waals surface area contributed by atoms with Gasteiger partial charge in [0.05, 0.1) is 10.2 Å². The summed E-state index contributed by atoms with van der Waals surface area (Å²) >= 11 is 1.64. The Balaban J connectivity index is 1.44. The average Bonchev–Trinajstić information content (AvgIpc) is 3.12. The number of amides is 1. The Bertz CT molecular complexity index is 1080. The maximum absolute atomic E-state index is 12.9. The summed E-state index contributed by atoms with van der Waals surface area (Å²) in [5.41, 5.74) is 3.46. The Morgan fingerprint density at radius 3 is 2.44 bits per heavy atom. The van der Waals surface area contributed by atoms with Crippen LogP contribution < -0.4 is 5.32 Å². The molecule has 3 nitrogen and oxygen atoms in total. The Labute approximate surface area is 159 Å². The van der Waals surface area contributed by atoms with E-state index in [-0.39, 0.29) is 11.7 Å². The highest BCUT2D eigenvalue weighted by molar-refractivity contribution is 7.21. The van der Waals surface area contributed by atoms with Crippen molar-refractivity contribution in [1.29, 1.82) is 0 Å². The smallest absolute Gasteiger partial charge is 0.248 e. The van der Waals surface area contributed by atoms with Crippen LogP contribution in [0.4, 0.5) is 10.1 Å². The Morgan fingerprint density at radius 1 is 0.963 bits per heavy atom. The summed E-state index contributed by atoms with van der Waals surface area (Å²) in [7, 11) is 0. The third kappa shape index (κ3) is 4.10. The van der Waals surface area contributed by atoms with E-state index >= 15 is 0 Å². The number of anilines is 1. The lowest BCUT2D eigenvalue weighted by Gasteiger charge is -2.03. The first-order valence-electron chi connectivity index (χ1n) is 8.38. The van der Waals surface area contributed by atoms with E-state index in [1.165, 1.54) is 18.2 Å². The zero-order valence-corrected chi connectivity index (χ0v) is 15.0. The quantitative estimate of drug-likeness (QED) is 0.462. The van der Waals surface area contributed by atoms with Crippen LogP contribution >= 0.6 is 11.3 Å². The minimum absolute atomic E-state index is 0.243. The molecule has 0 aliphatic heterocycles. The van der Waals surface area contributed by atoms with Crippen molar-refractivity contribution in [3.63, 3.8) is 0 Å². The Hall–Kier alpha value is -3.31. The van der Waals surface area contributed by atoms with Gasteiger partial charge in [-0.15, -0.1) is 11.3 Å². The zero-order valence-electron chi connectivity index (χ0n) is 14.2. The number of fused-ring (bicyclic) bond motifs is 1. The first kappa shape index (κ1) is 17.1. The van der Waals surface area contributed by atoms with Crippen molar-refractivity contribution in [1.82, 2.24) is 4.98 Å². The highest BCUT2D eigenvalue weighted by atomic mass is 32.1. The monoisotopic (exact) mass is 374 g/mol. The van der Waals surface area contributed by atoms with Crippen molar-refractivity contribution < 1.29 is 9.18 Å². The van der Waals surface area contributed by atoms with Crippen LogP contribution in [-0.4, -0.2) is 10.9 Å². The summed E-state index contributed by atoms with van der Waals surface area (Å²) in [4.78, 5) is 16.7. The van der Waals surface area contributed by atoms with Crippen LogP contribution in [0.5, 0.6) is 0 Å². The maximum Gasteiger partial charge on any atom is 0.248 e. The SMILES string of the molecule is O=C(/C=C/c1ccc(F)cc1)Nc1ccc(-c2nc3ccccc3s2)cc1. The summed E-state index contributed by atoms with van der Waals surface area (Å²) in [6.07, 6.45) is 3.07. The van der Waals surface area contributed by atoms with Crippen molar-refractivity contribution >= 4 is 39.2 Å². The van der Waals surface area contributed by atoms with Crippen molar-refractivity contribution in [3.05, 3.63) is 90.3 Å². The Kier molecular flexibility index (Phi) is 4.77. The van der Waals surface area contributed by atoms with E-state index in [4.69, 9.17) is 0 Å². The fourth-order valence-corrected chi connectivity index (χ4v) is 3.59. The minimum atomic E-state index is -0.301. The fourth-order valence-electron chi connectivity index (χ4n) is 2.62. The van der Waals surface area contributed by atoms with Gasteiger partial charge in [-0.3, -0.25) is 4.79 Å². The normalized spacial score (nSPS) is 11.1. The summed E-state index contributed by atoms with van der Waals surface area (Å²) in [6, 6.07) is 21.6. The lowest BCUT2D eigenvalue weighted by atomic mass is 10.2. The molecule has 0 radical (unpaired) electrons. The third-order valence-electron chi connectivity index (χ3n) is 3.99. The van der Waals surface area contributed by atoms with Crippen LogP contribution in [0.3, 0.4) is 0 Å². The standard InChI is InChI=1S/C22H15FN2OS/c23-17-10-5-15(6-11-17)7-14-21(26)24-18-12-8-16(9-13-18)22-25-19-3-1-2-4-20(19)27-22/h1-14H,(H,24,26)/b14-7+. The number of halogens is 1. The van der Waals surface area contributed by atoms with Crippen molar-refractivity contribution in [2.24, 2.45) is 0 Å². The van der Waals surface area contributed by atoms with Gasteiger partial charge in [0.1, 0.15) is 10.8 Å². The number of nitrogens with zero attached hydrogens (tertiary/aromatic N) is 1. The molecule has 0 aliphatic rings. The molecule has 0 atom stereocenters. The molecule has 1 amide bonds. The van der Waals surface area contributed by atoms with Gasteiger partial charge in [0.15, 0.2) is 0 Å². The highest BCUT2D eigenvalue weighted by Crippen LogP contribution is 2.30. The predicted molar refractivity (Wildman–Crippen MR) is 109 cm³/mol. The summed E-state index contributed by atoms with van der Waals surface area (Å²) in [5, 5.41) is 3.76. The number of thiazole rings is 1. The number of carbonyl (C=O) groups excluding carboxylic acids is 1. The first-order chi connectivity index (χ1) is 13.2. The number of aromatic nitrogens is 1. The topological polar surface area (TPSA) is 42.0 Å². The molecule has 0 bridgehead atoms. The molecule has 132 valence electrons. The number of benzene rings is 3. The lowest BCUT2D eigenvalue weighted by molar-refractivity contribution is -0.111. The molecule has 4 aromatic rings. The van der Waals surface area contributed by atoms with Crippen molar-refractivity contribution in [2.75, 3.05) is 5.32 Å². The van der Waals surface area contributed by atoms with Crippen LogP contribution in [0.2, 0.25) is 0 Å². The van der Waals surface area contributed by atoms with Gasteiger partial charge in [0.2, 0.25) is 5.91 Å². The molecular formula is C22H15FN2OS. The van der Waals surface area contributed by atoms with Gasteiger partial charge >= 0.3 is 0 Å². The summed E-state index contributed by atoms with van der Waals surface area (Å²) in [6.45, 7) is 0. The Morgan fingerprint density at radius 2 is 1.70 bits per heavy atom. The van der Waals surface area contributed by atoms with Gasteiger partial charge in [-0.05, 0) is 60.2 Å². The third-order valence-corrected chi connectivity index (χ3v) is 5.08. The molecule has 1 aromatic heterocycles. The molecule has 0 fully saturated rings. The van der Waals surface area contributed by atoms with Gasteiger partial charge in [0, 0.05) is 17.3 Å². The molecule has 0 aliphatic carbocycles. The fraction of sp³-hybridized carbons (Fsp3) is 0. The van der Waals surface area contributed by atoms with E-state index in [9.17, 15) is 9.18 Å². The number of hydrogen-bond acceptors (Lipinski definition) is 3. The summed E-state index contributed by atoms with van der Waals surface area (Å²) in [5.74, 6) is -0.545. The number of para-hydroxylation sites is 1. The second-order valence-corrected chi connectivity index (χ2v) is 6.97. The molecule has 0 saturated heterocycles. The van der Waals surface area contributed by atoms with Crippen LogP contribution in [0.25, 0.3) is 26.9 Å². The highest BCUT2D eigenvalue weighted by Gasteiger charge is 2.06. The molecule has 3 aromatic carbocycles. The number of carbonyl (C=O) groups is 1. The van der Waals surface area contributed by atoms with E-state index in [0.717, 1.165) is 26.4 Å². The molecule has 0 spiro atoms. The molecule has 1 N–H and O–H groups in total. The van der Waals surface area contributed by atoms with E-state index < -0.39 is 0 Å². The van der Waals surface area contributed by atoms with E-state index in [0.29, 0.717) is 5.69 Å². The maximum atomic E-state index is 12.9. The summed E-state index contributed by atoms with van der Waals surface area (Å²) < 4.78 is 14.0. The molecule has 5 heteroatoms. The van der Waals surface area contributed by atoms with Crippen molar-refractivity contribution in [3.8, 4) is 10.6 Å². The van der Waals surface area contributed by atoms with Crippen molar-refractivity contribution in [2.45, 2.75) is 0 Å². The molecular weight excluding hydrogens is 359 g/mol. The lowest BCUT2D eigenvalue weighted by Crippen LogP contribution is -2.07. The van der Waals surface area contributed by atoms with Gasteiger partial charge in [0.25, 0.3) is 0 Å².